The van der Waals surface area contributed by atoms with E-state index in [4.69, 9.17) is 26.1 Å². The van der Waals surface area contributed by atoms with Gasteiger partial charge in [0.25, 0.3) is 0 Å². The normalized spacial score (nSPS) is 12.9. The molecule has 1 aromatic heterocycles. The van der Waals surface area contributed by atoms with Crippen molar-refractivity contribution in [3.8, 4) is 17.2 Å². The number of fused-ring (bicyclic) bond motifs is 2. The molecule has 0 bridgehead atoms. The summed E-state index contributed by atoms with van der Waals surface area (Å²) in [6, 6.07) is 8.72. The van der Waals surface area contributed by atoms with Crippen molar-refractivity contribution in [2.24, 2.45) is 0 Å². The highest BCUT2D eigenvalue weighted by Crippen LogP contribution is 2.33. The number of hydrogen-bond acceptors (Lipinski definition) is 6. The summed E-state index contributed by atoms with van der Waals surface area (Å²) in [5.41, 5.74) is 1.88. The first kappa shape index (κ1) is 16.7. The fourth-order valence-corrected chi connectivity index (χ4v) is 3.33. The quantitative estimate of drug-likeness (QED) is 0.703. The third kappa shape index (κ3) is 2.74. The van der Waals surface area contributed by atoms with Crippen LogP contribution < -0.4 is 15.2 Å². The Morgan fingerprint density at radius 2 is 1.96 bits per heavy atom. The number of phenols is 1. The molecule has 0 saturated heterocycles. The number of rotatable bonds is 3. The molecule has 3 aromatic rings. The van der Waals surface area contributed by atoms with Gasteiger partial charge in [-0.2, -0.15) is 0 Å². The van der Waals surface area contributed by atoms with E-state index >= 15 is 0 Å². The lowest BCUT2D eigenvalue weighted by atomic mass is 10.0. The molecule has 0 atom stereocenters. The highest BCUT2D eigenvalue weighted by molar-refractivity contribution is 7.71. The molecule has 0 aliphatic carbocycles. The van der Waals surface area contributed by atoms with Crippen molar-refractivity contribution in [3.05, 3.63) is 56.6 Å². The predicted molar refractivity (Wildman–Crippen MR) is 98.7 cm³/mol. The largest absolute Gasteiger partial charge is 0.508 e. The minimum absolute atomic E-state index is 0.0959. The number of benzene rings is 2. The number of hydrogen-bond donors (Lipinski definition) is 1. The fraction of sp³-hybridized carbons (Fsp3) is 0.263. The van der Waals surface area contributed by atoms with Gasteiger partial charge >= 0.3 is 5.76 Å². The molecule has 4 rings (SSSR count). The Hall–Kier alpha value is -2.80. The van der Waals surface area contributed by atoms with Crippen molar-refractivity contribution in [2.45, 2.75) is 26.3 Å². The highest BCUT2D eigenvalue weighted by Gasteiger charge is 2.16. The summed E-state index contributed by atoms with van der Waals surface area (Å²) in [4.78, 5) is 12.4. The third-order valence-corrected chi connectivity index (χ3v) is 4.86. The maximum Gasteiger partial charge on any atom is 0.420 e. The Labute approximate surface area is 154 Å². The molecule has 0 saturated carbocycles. The van der Waals surface area contributed by atoms with Gasteiger partial charge in [0.15, 0.2) is 11.5 Å². The molecule has 26 heavy (non-hydrogen) atoms. The molecule has 2 aromatic carbocycles. The molecule has 0 radical (unpaired) electrons. The summed E-state index contributed by atoms with van der Waals surface area (Å²) in [6.45, 7) is 4.40. The van der Waals surface area contributed by atoms with Crippen molar-refractivity contribution in [1.29, 1.82) is 0 Å². The van der Waals surface area contributed by atoms with E-state index in [0.29, 0.717) is 21.5 Å². The van der Waals surface area contributed by atoms with Crippen LogP contribution in [0.15, 0.2) is 39.5 Å². The third-order valence-electron chi connectivity index (χ3n) is 4.42. The van der Waals surface area contributed by atoms with Crippen molar-refractivity contribution in [2.75, 3.05) is 6.79 Å². The zero-order valence-electron chi connectivity index (χ0n) is 14.3. The van der Waals surface area contributed by atoms with Crippen molar-refractivity contribution in [1.82, 2.24) is 4.57 Å². The Kier molecular flexibility index (Phi) is 3.96. The molecule has 0 unspecified atom stereocenters. The lowest BCUT2D eigenvalue weighted by Crippen LogP contribution is -2.20. The van der Waals surface area contributed by atoms with Crippen LogP contribution in [-0.2, 0) is 6.54 Å². The molecule has 134 valence electrons. The lowest BCUT2D eigenvalue weighted by Gasteiger charge is -2.12. The Bertz CT molecular complexity index is 1130. The molecule has 6 nitrogen and oxygen atoms in total. The van der Waals surface area contributed by atoms with Crippen molar-refractivity contribution < 1.29 is 19.0 Å². The van der Waals surface area contributed by atoms with Gasteiger partial charge < -0.3 is 19.0 Å². The molecular weight excluding hydrogens is 354 g/mol. The fourth-order valence-electron chi connectivity index (χ4n) is 3.04. The monoisotopic (exact) mass is 371 g/mol. The second-order valence-corrected chi connectivity index (χ2v) is 6.90. The van der Waals surface area contributed by atoms with E-state index in [2.05, 4.69) is 0 Å². The Morgan fingerprint density at radius 3 is 2.73 bits per heavy atom. The molecule has 0 spiro atoms. The number of phenolic OH excluding ortho intramolecular Hbond substituents is 1. The smallest absolute Gasteiger partial charge is 0.420 e. The van der Waals surface area contributed by atoms with Gasteiger partial charge in [-0.05, 0) is 35.2 Å². The maximum absolute atomic E-state index is 12.4. The van der Waals surface area contributed by atoms with Crippen LogP contribution in [0.4, 0.5) is 0 Å². The van der Waals surface area contributed by atoms with Crippen LogP contribution in [0.3, 0.4) is 0 Å². The van der Waals surface area contributed by atoms with Gasteiger partial charge in [0.05, 0.1) is 11.9 Å². The van der Waals surface area contributed by atoms with E-state index in [1.165, 1.54) is 10.6 Å². The van der Waals surface area contributed by atoms with E-state index in [-0.39, 0.29) is 30.6 Å². The first-order valence-corrected chi connectivity index (χ1v) is 8.64. The average molecular weight is 371 g/mol. The average Bonchev–Trinajstić information content (AvgIpc) is 3.05. The summed E-state index contributed by atoms with van der Waals surface area (Å²) >= 11 is 5.53. The second kappa shape index (κ2) is 6.17. The highest BCUT2D eigenvalue weighted by atomic mass is 32.1. The van der Waals surface area contributed by atoms with E-state index < -0.39 is 5.76 Å². The predicted octanol–water partition coefficient (Wildman–Crippen LogP) is 3.93. The van der Waals surface area contributed by atoms with Gasteiger partial charge in [0.1, 0.15) is 16.0 Å². The zero-order valence-corrected chi connectivity index (χ0v) is 15.1. The number of nitrogens with zero attached hydrogens (tertiary/aromatic N) is 1. The second-order valence-electron chi connectivity index (χ2n) is 6.51. The molecule has 1 N–H and O–H groups in total. The molecule has 1 aliphatic heterocycles. The van der Waals surface area contributed by atoms with E-state index in [0.717, 1.165) is 11.1 Å². The SMILES string of the molecule is CC(C)c1cc2c(=S)n(Cc3ccc4c(c3)OCO4)c(=O)oc2cc1O. The standard InChI is InChI=1S/C19H17NO5S/c1-10(2)12-6-13-16(7-14(12)21)25-19(22)20(18(13)26)8-11-3-4-15-17(5-11)24-9-23-15/h3-7,10,21H,8-9H2,1-2H3. The van der Waals surface area contributed by atoms with E-state index in [1.54, 1.807) is 12.1 Å². The van der Waals surface area contributed by atoms with Gasteiger partial charge in [-0.1, -0.05) is 32.1 Å². The summed E-state index contributed by atoms with van der Waals surface area (Å²) < 4.78 is 17.8. The minimum atomic E-state index is -0.572. The molecule has 2 heterocycles. The zero-order chi connectivity index (χ0) is 18.4. The van der Waals surface area contributed by atoms with Crippen LogP contribution in [0.5, 0.6) is 17.2 Å². The van der Waals surface area contributed by atoms with Crippen LogP contribution in [-0.4, -0.2) is 16.5 Å². The Balaban J connectivity index is 1.83. The summed E-state index contributed by atoms with van der Waals surface area (Å²) in [5, 5.41) is 10.8. The maximum atomic E-state index is 12.4. The van der Waals surface area contributed by atoms with Gasteiger partial charge in [-0.3, -0.25) is 4.57 Å². The van der Waals surface area contributed by atoms with Gasteiger partial charge in [0.2, 0.25) is 6.79 Å². The molecule has 7 heteroatoms. The van der Waals surface area contributed by atoms with Crippen LogP contribution in [0.2, 0.25) is 0 Å². The van der Waals surface area contributed by atoms with Gasteiger partial charge in [0, 0.05) is 6.07 Å². The van der Waals surface area contributed by atoms with Crippen LogP contribution in [0.1, 0.15) is 30.9 Å². The lowest BCUT2D eigenvalue weighted by molar-refractivity contribution is 0.174. The molecule has 1 aliphatic rings. The van der Waals surface area contributed by atoms with Crippen LogP contribution in [0, 0.1) is 4.64 Å². The topological polar surface area (TPSA) is 73.8 Å². The Morgan fingerprint density at radius 1 is 1.19 bits per heavy atom. The molecule has 0 fully saturated rings. The summed E-state index contributed by atoms with van der Waals surface area (Å²) in [6.07, 6.45) is 0. The van der Waals surface area contributed by atoms with Crippen molar-refractivity contribution >= 4 is 23.2 Å². The first-order valence-electron chi connectivity index (χ1n) is 8.23. The first-order chi connectivity index (χ1) is 12.4. The van der Waals surface area contributed by atoms with Crippen LogP contribution in [0.25, 0.3) is 11.0 Å². The van der Waals surface area contributed by atoms with Crippen LogP contribution >= 0.6 is 12.2 Å². The summed E-state index contributed by atoms with van der Waals surface area (Å²) in [5.74, 6) is 0.963. The number of aromatic hydroxyl groups is 1. The van der Waals surface area contributed by atoms with E-state index in [9.17, 15) is 9.90 Å². The van der Waals surface area contributed by atoms with Gasteiger partial charge in [-0.25, -0.2) is 4.79 Å². The van der Waals surface area contributed by atoms with Crippen molar-refractivity contribution in [3.63, 3.8) is 0 Å². The van der Waals surface area contributed by atoms with Gasteiger partial charge in [-0.15, -0.1) is 0 Å². The molecular formula is C19H17NO5S. The minimum Gasteiger partial charge on any atom is -0.508 e. The number of ether oxygens (including phenoxy) is 2. The molecule has 0 amide bonds. The summed E-state index contributed by atoms with van der Waals surface area (Å²) in [7, 11) is 0. The number of aromatic nitrogens is 1. The van der Waals surface area contributed by atoms with E-state index in [1.807, 2.05) is 26.0 Å².